The number of ether oxygens (including phenoxy) is 1. The summed E-state index contributed by atoms with van der Waals surface area (Å²) in [7, 11) is 0. The average molecular weight is 167 g/mol. The zero-order valence-corrected chi connectivity index (χ0v) is 6.67. The van der Waals surface area contributed by atoms with Crippen molar-refractivity contribution in [2.24, 2.45) is 0 Å². The number of carbonyl (C=O) groups excluding carboxylic acids is 1. The van der Waals surface area contributed by atoms with Crippen molar-refractivity contribution in [1.82, 2.24) is 10.6 Å². The molecule has 2 heterocycles. The Morgan fingerprint density at radius 2 is 2.50 bits per heavy atom. The number of nitrogens with one attached hydrogen (secondary N) is 2. The molecule has 1 atom stereocenters. The quantitative estimate of drug-likeness (QED) is 0.565. The molecule has 0 aromatic heterocycles. The Morgan fingerprint density at radius 3 is 3.00 bits per heavy atom. The van der Waals surface area contributed by atoms with Gasteiger partial charge in [-0.1, -0.05) is 0 Å². The predicted octanol–water partition coefficient (Wildman–Crippen LogP) is -0.807. The van der Waals surface area contributed by atoms with Crippen LogP contribution in [-0.2, 0) is 9.53 Å². The van der Waals surface area contributed by atoms with Gasteiger partial charge in [-0.25, -0.2) is 0 Å². The molecular weight excluding hydrogens is 156 g/mol. The highest BCUT2D eigenvalue weighted by Gasteiger charge is 2.30. The van der Waals surface area contributed by atoms with Crippen molar-refractivity contribution in [1.29, 1.82) is 0 Å². The van der Waals surface area contributed by atoms with E-state index in [4.69, 9.17) is 4.74 Å². The number of hydrogen-bond donors (Lipinski definition) is 2. The molecule has 12 heavy (non-hydrogen) atoms. The molecule has 1 saturated heterocycles. The third-order valence-corrected chi connectivity index (χ3v) is 1.96. The molecule has 2 rings (SSSR count). The fourth-order valence-corrected chi connectivity index (χ4v) is 1.19. The largest absolute Gasteiger partial charge is 0.378 e. The van der Waals surface area contributed by atoms with Crippen molar-refractivity contribution in [3.8, 4) is 0 Å². The number of rotatable bonds is 2. The molecule has 2 N–H and O–H groups in total. The summed E-state index contributed by atoms with van der Waals surface area (Å²) in [5.41, 5.74) is 0. The fraction of sp³-hybridized carbons (Fsp3) is 0.500. The second kappa shape index (κ2) is 3.25. The SMILES string of the molecule is O=C([C]1CNCCO1)C1C=CN1. The van der Waals surface area contributed by atoms with Crippen molar-refractivity contribution in [3.05, 3.63) is 18.4 Å². The zero-order valence-electron chi connectivity index (χ0n) is 6.67. The van der Waals surface area contributed by atoms with Crippen LogP contribution in [-0.4, -0.2) is 31.5 Å². The maximum atomic E-state index is 11.5. The molecule has 1 fully saturated rings. The van der Waals surface area contributed by atoms with E-state index in [9.17, 15) is 4.79 Å². The van der Waals surface area contributed by atoms with Crippen LogP contribution in [0.2, 0.25) is 0 Å². The van der Waals surface area contributed by atoms with E-state index in [1.54, 1.807) is 6.20 Å². The summed E-state index contributed by atoms with van der Waals surface area (Å²) in [4.78, 5) is 11.5. The topological polar surface area (TPSA) is 50.4 Å². The molecule has 0 aliphatic carbocycles. The van der Waals surface area contributed by atoms with Crippen molar-refractivity contribution in [3.63, 3.8) is 0 Å². The number of ketones is 1. The molecule has 1 unspecified atom stereocenters. The minimum Gasteiger partial charge on any atom is -0.378 e. The fourth-order valence-electron chi connectivity index (χ4n) is 1.19. The molecule has 4 nitrogen and oxygen atoms in total. The van der Waals surface area contributed by atoms with Gasteiger partial charge in [-0.2, -0.15) is 0 Å². The Bertz CT molecular complexity index is 209. The van der Waals surface area contributed by atoms with Crippen LogP contribution in [0.25, 0.3) is 0 Å². The minimum atomic E-state index is -0.153. The van der Waals surface area contributed by atoms with Crippen LogP contribution >= 0.6 is 0 Å². The van der Waals surface area contributed by atoms with Crippen LogP contribution in [0.4, 0.5) is 0 Å². The van der Waals surface area contributed by atoms with E-state index in [2.05, 4.69) is 10.6 Å². The highest BCUT2D eigenvalue weighted by Crippen LogP contribution is 2.12. The van der Waals surface area contributed by atoms with E-state index in [1.165, 1.54) is 0 Å². The van der Waals surface area contributed by atoms with E-state index in [0.29, 0.717) is 19.3 Å². The molecule has 4 heteroatoms. The molecule has 0 aromatic rings. The monoisotopic (exact) mass is 167 g/mol. The van der Waals surface area contributed by atoms with Crippen molar-refractivity contribution in [2.45, 2.75) is 6.04 Å². The van der Waals surface area contributed by atoms with Gasteiger partial charge in [-0.05, 0) is 12.3 Å². The van der Waals surface area contributed by atoms with Crippen LogP contribution in [0.15, 0.2) is 12.3 Å². The van der Waals surface area contributed by atoms with Crippen molar-refractivity contribution >= 4 is 5.78 Å². The van der Waals surface area contributed by atoms with Crippen LogP contribution in [0.5, 0.6) is 0 Å². The molecule has 2 aliphatic heterocycles. The smallest absolute Gasteiger partial charge is 0.195 e. The Kier molecular flexibility index (Phi) is 2.10. The molecule has 0 bridgehead atoms. The third-order valence-electron chi connectivity index (χ3n) is 1.96. The van der Waals surface area contributed by atoms with Crippen LogP contribution < -0.4 is 10.6 Å². The van der Waals surface area contributed by atoms with Gasteiger partial charge in [0.1, 0.15) is 6.04 Å². The Balaban J connectivity index is 1.89. The van der Waals surface area contributed by atoms with Crippen LogP contribution in [0.3, 0.4) is 0 Å². The third kappa shape index (κ3) is 1.35. The average Bonchev–Trinajstić information content (AvgIpc) is 2.03. The van der Waals surface area contributed by atoms with Gasteiger partial charge < -0.3 is 15.4 Å². The zero-order chi connectivity index (χ0) is 8.39. The lowest BCUT2D eigenvalue weighted by Crippen LogP contribution is -2.46. The summed E-state index contributed by atoms with van der Waals surface area (Å²) in [5.74, 6) is 0.0460. The van der Waals surface area contributed by atoms with Crippen LogP contribution in [0, 0.1) is 6.10 Å². The summed E-state index contributed by atoms with van der Waals surface area (Å²) in [5, 5.41) is 5.97. The highest BCUT2D eigenvalue weighted by molar-refractivity contribution is 5.97. The van der Waals surface area contributed by atoms with Crippen molar-refractivity contribution in [2.75, 3.05) is 19.7 Å². The number of hydrogen-bond acceptors (Lipinski definition) is 4. The first-order chi connectivity index (χ1) is 5.88. The Hall–Kier alpha value is -0.870. The molecular formula is C8H11N2O2. The molecule has 2 aliphatic rings. The Labute approximate surface area is 71.0 Å². The van der Waals surface area contributed by atoms with E-state index < -0.39 is 0 Å². The second-order valence-corrected chi connectivity index (χ2v) is 2.82. The summed E-state index contributed by atoms with van der Waals surface area (Å²) >= 11 is 0. The number of Topliss-reactive ketones (excluding diaryl/α,β-unsaturated/α-hetero) is 1. The van der Waals surface area contributed by atoms with Gasteiger partial charge >= 0.3 is 0 Å². The summed E-state index contributed by atoms with van der Waals surface area (Å²) in [6.45, 7) is 1.98. The maximum absolute atomic E-state index is 11.5. The molecule has 0 amide bonds. The van der Waals surface area contributed by atoms with E-state index in [-0.39, 0.29) is 11.8 Å². The normalized spacial score (nSPS) is 29.2. The van der Waals surface area contributed by atoms with Gasteiger partial charge in [0.15, 0.2) is 11.9 Å². The van der Waals surface area contributed by atoms with Gasteiger partial charge in [0.25, 0.3) is 0 Å². The van der Waals surface area contributed by atoms with E-state index >= 15 is 0 Å². The molecule has 65 valence electrons. The maximum Gasteiger partial charge on any atom is 0.195 e. The van der Waals surface area contributed by atoms with E-state index in [0.717, 1.165) is 6.54 Å². The summed E-state index contributed by atoms with van der Waals surface area (Å²) < 4.78 is 5.23. The molecule has 0 spiro atoms. The van der Waals surface area contributed by atoms with Crippen molar-refractivity contribution < 1.29 is 9.53 Å². The second-order valence-electron chi connectivity index (χ2n) is 2.82. The standard InChI is InChI=1S/C8H11N2O2/c11-8(6-1-2-10-6)7-5-9-3-4-12-7/h1-2,6,9-10H,3-5H2. The minimum absolute atomic E-state index is 0.0460. The first-order valence-electron chi connectivity index (χ1n) is 4.04. The first kappa shape index (κ1) is 7.76. The number of carbonyl (C=O) groups is 1. The van der Waals surface area contributed by atoms with Gasteiger partial charge in [-0.15, -0.1) is 0 Å². The number of morpholine rings is 1. The summed E-state index contributed by atoms with van der Waals surface area (Å²) in [6.07, 6.45) is 4.13. The van der Waals surface area contributed by atoms with Gasteiger partial charge in [0.05, 0.1) is 6.61 Å². The van der Waals surface area contributed by atoms with Crippen LogP contribution in [0.1, 0.15) is 0 Å². The highest BCUT2D eigenvalue weighted by atomic mass is 16.5. The van der Waals surface area contributed by atoms with Gasteiger partial charge in [0, 0.05) is 13.1 Å². The van der Waals surface area contributed by atoms with Gasteiger partial charge in [0.2, 0.25) is 0 Å². The molecule has 1 radical (unpaired) electrons. The lowest BCUT2D eigenvalue weighted by Gasteiger charge is -2.26. The molecule has 0 aromatic carbocycles. The first-order valence-corrected chi connectivity index (χ1v) is 4.04. The lowest BCUT2D eigenvalue weighted by molar-refractivity contribution is -0.124. The molecule has 0 saturated carbocycles. The Morgan fingerprint density at radius 1 is 1.67 bits per heavy atom. The van der Waals surface area contributed by atoms with E-state index in [1.807, 2.05) is 6.08 Å². The lowest BCUT2D eigenvalue weighted by atomic mass is 10.0. The predicted molar refractivity (Wildman–Crippen MR) is 43.1 cm³/mol. The summed E-state index contributed by atoms with van der Waals surface area (Å²) in [6, 6.07) is -0.153. The van der Waals surface area contributed by atoms with Gasteiger partial charge in [-0.3, -0.25) is 4.79 Å².